The second-order valence-electron chi connectivity index (χ2n) is 6.42. The van der Waals surface area contributed by atoms with E-state index in [4.69, 9.17) is 15.9 Å². The molecule has 1 saturated heterocycles. The molecule has 0 radical (unpaired) electrons. The highest BCUT2D eigenvalue weighted by molar-refractivity contribution is 5.89. The van der Waals surface area contributed by atoms with Crippen LogP contribution in [0.5, 0.6) is 0 Å². The highest BCUT2D eigenvalue weighted by atomic mass is 19.1. The molecular weight excluding hydrogens is 329 g/mol. The maximum atomic E-state index is 13.5. The van der Waals surface area contributed by atoms with Crippen molar-refractivity contribution in [3.63, 3.8) is 0 Å². The molecule has 26 heavy (non-hydrogen) atoms. The van der Waals surface area contributed by atoms with Crippen LogP contribution in [-0.4, -0.2) is 19.4 Å². The zero-order valence-corrected chi connectivity index (χ0v) is 14.7. The number of halogens is 1. The number of aryl methyl sites for hydroxylation is 1. The van der Waals surface area contributed by atoms with Crippen LogP contribution in [0.3, 0.4) is 0 Å². The largest absolute Gasteiger partial charge is 0.398 e. The van der Waals surface area contributed by atoms with Gasteiger partial charge in [0, 0.05) is 42.3 Å². The molecule has 2 aromatic carbocycles. The van der Waals surface area contributed by atoms with Crippen LogP contribution in [0.2, 0.25) is 0 Å². The molecule has 0 atom stereocenters. The number of nitrogen functional groups attached to an aromatic ring is 1. The summed E-state index contributed by atoms with van der Waals surface area (Å²) in [7, 11) is 0. The third-order valence-electron chi connectivity index (χ3n) is 4.45. The van der Waals surface area contributed by atoms with E-state index in [0.29, 0.717) is 22.7 Å². The van der Waals surface area contributed by atoms with Crippen LogP contribution in [0, 0.1) is 35.9 Å². The van der Waals surface area contributed by atoms with Crippen LogP contribution in [-0.2, 0) is 4.74 Å². The molecule has 5 heteroatoms. The Kier molecular flexibility index (Phi) is 5.55. The van der Waals surface area contributed by atoms with Crippen molar-refractivity contribution in [3.8, 4) is 11.8 Å². The van der Waals surface area contributed by atoms with Crippen LogP contribution < -0.4 is 11.1 Å². The van der Waals surface area contributed by atoms with Crippen molar-refractivity contribution in [2.75, 3.05) is 24.3 Å². The first-order valence-electron chi connectivity index (χ1n) is 8.63. The van der Waals surface area contributed by atoms with E-state index in [-0.39, 0.29) is 5.82 Å². The predicted octanol–water partition coefficient (Wildman–Crippen LogP) is 4.24. The lowest BCUT2D eigenvalue weighted by molar-refractivity contribution is 0.0807. The standard InChI is InChI=1S/C21H22FN3O/c1-14-10-18(4-5-19(14)22)25-21-12-17(13-23)20(24)11-16(21)3-2-15-6-8-26-9-7-15/h4-5,10-13,15,23,25H,6-9,24H2,1H3. The number of nitrogens with one attached hydrogen (secondary N) is 2. The van der Waals surface area contributed by atoms with Gasteiger partial charge in [0.25, 0.3) is 0 Å². The molecule has 1 fully saturated rings. The van der Waals surface area contributed by atoms with Gasteiger partial charge in [-0.15, -0.1) is 0 Å². The lowest BCUT2D eigenvalue weighted by Gasteiger charge is -2.17. The Bertz CT molecular complexity index is 877. The Balaban J connectivity index is 1.94. The quantitative estimate of drug-likeness (QED) is 0.440. The molecule has 0 bridgehead atoms. The zero-order chi connectivity index (χ0) is 18.5. The third kappa shape index (κ3) is 4.22. The third-order valence-corrected chi connectivity index (χ3v) is 4.45. The average molecular weight is 351 g/mol. The second-order valence-corrected chi connectivity index (χ2v) is 6.42. The molecule has 2 aromatic rings. The Morgan fingerprint density at radius 3 is 2.73 bits per heavy atom. The van der Waals surface area contributed by atoms with Crippen LogP contribution in [0.4, 0.5) is 21.5 Å². The van der Waals surface area contributed by atoms with Gasteiger partial charge in [0.15, 0.2) is 0 Å². The van der Waals surface area contributed by atoms with Crippen molar-refractivity contribution in [2.24, 2.45) is 5.92 Å². The van der Waals surface area contributed by atoms with Crippen LogP contribution in [0.1, 0.15) is 29.5 Å². The first kappa shape index (κ1) is 18.0. The van der Waals surface area contributed by atoms with Crippen molar-refractivity contribution in [1.29, 1.82) is 5.41 Å². The summed E-state index contributed by atoms with van der Waals surface area (Å²) >= 11 is 0. The molecule has 1 heterocycles. The van der Waals surface area contributed by atoms with E-state index >= 15 is 0 Å². The first-order valence-corrected chi connectivity index (χ1v) is 8.63. The van der Waals surface area contributed by atoms with Gasteiger partial charge in [0.2, 0.25) is 0 Å². The number of ether oxygens (including phenoxy) is 1. The summed E-state index contributed by atoms with van der Waals surface area (Å²) in [6.45, 7) is 3.21. The summed E-state index contributed by atoms with van der Waals surface area (Å²) in [5.74, 6) is 6.60. The van der Waals surface area contributed by atoms with Gasteiger partial charge in [-0.3, -0.25) is 0 Å². The van der Waals surface area contributed by atoms with Crippen molar-refractivity contribution in [3.05, 3.63) is 52.8 Å². The Hall–Kier alpha value is -2.84. The Morgan fingerprint density at radius 2 is 2.04 bits per heavy atom. The number of rotatable bonds is 3. The highest BCUT2D eigenvalue weighted by Crippen LogP contribution is 2.27. The summed E-state index contributed by atoms with van der Waals surface area (Å²) in [4.78, 5) is 0. The minimum absolute atomic E-state index is 0.243. The maximum Gasteiger partial charge on any atom is 0.126 e. The van der Waals surface area contributed by atoms with Crippen molar-refractivity contribution in [2.45, 2.75) is 19.8 Å². The van der Waals surface area contributed by atoms with Gasteiger partial charge in [0.05, 0.1) is 11.3 Å². The summed E-state index contributed by atoms with van der Waals surface area (Å²) in [5.41, 5.74) is 10.00. The summed E-state index contributed by atoms with van der Waals surface area (Å²) in [6, 6.07) is 8.43. The monoisotopic (exact) mass is 351 g/mol. The van der Waals surface area contributed by atoms with Crippen molar-refractivity contribution >= 4 is 23.3 Å². The van der Waals surface area contributed by atoms with E-state index in [1.165, 1.54) is 12.3 Å². The fourth-order valence-corrected chi connectivity index (χ4v) is 2.86. The van der Waals surface area contributed by atoms with E-state index in [0.717, 1.165) is 43.0 Å². The molecule has 0 aromatic heterocycles. The first-order chi connectivity index (χ1) is 12.6. The van der Waals surface area contributed by atoms with Gasteiger partial charge in [0.1, 0.15) is 5.82 Å². The van der Waals surface area contributed by atoms with Crippen molar-refractivity contribution < 1.29 is 9.13 Å². The van der Waals surface area contributed by atoms with E-state index in [1.807, 2.05) is 0 Å². The number of hydrogen-bond donors (Lipinski definition) is 3. The molecule has 0 amide bonds. The summed E-state index contributed by atoms with van der Waals surface area (Å²) in [6.07, 6.45) is 3.08. The molecule has 0 saturated carbocycles. The van der Waals surface area contributed by atoms with E-state index < -0.39 is 0 Å². The molecule has 1 aliphatic rings. The van der Waals surface area contributed by atoms with Crippen LogP contribution in [0.25, 0.3) is 0 Å². The molecule has 134 valence electrons. The molecule has 0 unspecified atom stereocenters. The summed E-state index contributed by atoms with van der Waals surface area (Å²) < 4.78 is 18.9. The Morgan fingerprint density at radius 1 is 1.27 bits per heavy atom. The minimum Gasteiger partial charge on any atom is -0.398 e. The number of hydrogen-bond acceptors (Lipinski definition) is 4. The fourth-order valence-electron chi connectivity index (χ4n) is 2.86. The average Bonchev–Trinajstić information content (AvgIpc) is 2.65. The van der Waals surface area contributed by atoms with Gasteiger partial charge in [-0.05, 0) is 55.7 Å². The number of benzene rings is 2. The van der Waals surface area contributed by atoms with Gasteiger partial charge < -0.3 is 21.2 Å². The smallest absolute Gasteiger partial charge is 0.126 e. The van der Waals surface area contributed by atoms with Gasteiger partial charge in [-0.2, -0.15) is 0 Å². The van der Waals surface area contributed by atoms with E-state index in [1.54, 1.807) is 31.2 Å². The molecule has 0 spiro atoms. The lowest BCUT2D eigenvalue weighted by Crippen LogP contribution is -2.13. The van der Waals surface area contributed by atoms with Crippen LogP contribution in [0.15, 0.2) is 30.3 Å². The SMILES string of the molecule is Cc1cc(Nc2cc(C=N)c(N)cc2C#CC2CCOCC2)ccc1F. The lowest BCUT2D eigenvalue weighted by atomic mass is 10.00. The Labute approximate surface area is 153 Å². The van der Waals surface area contributed by atoms with E-state index in [2.05, 4.69) is 17.2 Å². The van der Waals surface area contributed by atoms with Gasteiger partial charge in [-0.25, -0.2) is 4.39 Å². The topological polar surface area (TPSA) is 71.1 Å². The maximum absolute atomic E-state index is 13.5. The molecule has 1 aliphatic heterocycles. The highest BCUT2D eigenvalue weighted by Gasteiger charge is 2.11. The number of nitrogens with two attached hydrogens (primary N) is 1. The molecular formula is C21H22FN3O. The fraction of sp³-hybridized carbons (Fsp3) is 0.286. The number of anilines is 3. The zero-order valence-electron chi connectivity index (χ0n) is 14.7. The normalized spacial score (nSPS) is 14.4. The predicted molar refractivity (Wildman–Crippen MR) is 104 cm³/mol. The van der Waals surface area contributed by atoms with Gasteiger partial charge in [-0.1, -0.05) is 11.8 Å². The van der Waals surface area contributed by atoms with Gasteiger partial charge >= 0.3 is 0 Å². The van der Waals surface area contributed by atoms with Crippen LogP contribution >= 0.6 is 0 Å². The second kappa shape index (κ2) is 8.03. The molecule has 3 rings (SSSR count). The van der Waals surface area contributed by atoms with E-state index in [9.17, 15) is 4.39 Å². The van der Waals surface area contributed by atoms with Crippen molar-refractivity contribution in [1.82, 2.24) is 0 Å². The summed E-state index contributed by atoms with van der Waals surface area (Å²) in [5, 5.41) is 10.8. The minimum atomic E-state index is -0.243. The molecule has 0 aliphatic carbocycles. The molecule has 4 nitrogen and oxygen atoms in total. The molecule has 4 N–H and O–H groups in total.